The van der Waals surface area contributed by atoms with Gasteiger partial charge in [0.1, 0.15) is 0 Å². The van der Waals surface area contributed by atoms with Gasteiger partial charge < -0.3 is 9.42 Å². The normalized spacial score (nSPS) is 33.6. The van der Waals surface area contributed by atoms with Crippen LogP contribution in [0.5, 0.6) is 0 Å². The lowest BCUT2D eigenvalue weighted by Gasteiger charge is -2.30. The summed E-state index contributed by atoms with van der Waals surface area (Å²) in [6.45, 7) is 6.19. The van der Waals surface area contributed by atoms with Gasteiger partial charge in [0.15, 0.2) is 0 Å². The smallest absolute Gasteiger partial charge is 0.324 e. The minimum Gasteiger partial charge on any atom is -0.324 e. The van der Waals surface area contributed by atoms with Gasteiger partial charge in [-0.25, -0.2) is 0 Å². The molecule has 16 heavy (non-hydrogen) atoms. The van der Waals surface area contributed by atoms with Crippen LogP contribution >= 0.6 is 7.60 Å². The van der Waals surface area contributed by atoms with Gasteiger partial charge in [-0.1, -0.05) is 26.0 Å². The molecule has 0 fully saturated rings. The van der Waals surface area contributed by atoms with E-state index < -0.39 is 7.60 Å². The molecule has 4 heteroatoms. The molecule has 1 aliphatic carbocycles. The van der Waals surface area contributed by atoms with Gasteiger partial charge in [-0.05, 0) is 37.0 Å². The number of hydrogen-bond acceptors (Lipinski definition) is 2. The maximum atomic E-state index is 10.9. The van der Waals surface area contributed by atoms with Crippen LogP contribution in [-0.2, 0) is 9.09 Å². The van der Waals surface area contributed by atoms with Crippen LogP contribution in [0.15, 0.2) is 12.2 Å². The highest BCUT2D eigenvalue weighted by Crippen LogP contribution is 2.37. The van der Waals surface area contributed by atoms with Crippen LogP contribution in [0.25, 0.3) is 0 Å². The average Bonchev–Trinajstić information content (AvgIpc) is 2.17. The first-order chi connectivity index (χ1) is 7.40. The molecule has 4 unspecified atom stereocenters. The highest BCUT2D eigenvalue weighted by Gasteiger charge is 2.23. The molecule has 0 spiro atoms. The maximum Gasteiger partial charge on any atom is 0.325 e. The van der Waals surface area contributed by atoms with Crippen molar-refractivity contribution in [2.24, 2.45) is 17.8 Å². The Bertz CT molecular complexity index is 282. The second kappa shape index (κ2) is 6.00. The molecule has 0 heterocycles. The van der Waals surface area contributed by atoms with Crippen molar-refractivity contribution in [1.82, 2.24) is 0 Å². The molecule has 1 N–H and O–H groups in total. The Morgan fingerprint density at radius 3 is 2.81 bits per heavy atom. The van der Waals surface area contributed by atoms with Crippen molar-refractivity contribution >= 4 is 7.60 Å². The van der Waals surface area contributed by atoms with Gasteiger partial charge in [-0.15, -0.1) is 0 Å². The highest BCUT2D eigenvalue weighted by molar-refractivity contribution is 7.51. The Hall–Kier alpha value is -0.110. The van der Waals surface area contributed by atoms with Gasteiger partial charge >= 0.3 is 7.60 Å². The Labute approximate surface area is 98.4 Å². The van der Waals surface area contributed by atoms with Crippen molar-refractivity contribution < 1.29 is 14.0 Å². The lowest BCUT2D eigenvalue weighted by Crippen LogP contribution is -2.20. The van der Waals surface area contributed by atoms with Crippen LogP contribution in [0.3, 0.4) is 0 Å². The number of allylic oxidation sites excluding steroid dienone is 2. The van der Waals surface area contributed by atoms with Crippen LogP contribution < -0.4 is 0 Å². The summed E-state index contributed by atoms with van der Waals surface area (Å²) in [5.41, 5.74) is 0. The van der Waals surface area contributed by atoms with Crippen molar-refractivity contribution in [1.29, 1.82) is 0 Å². The molecule has 0 bridgehead atoms. The summed E-state index contributed by atoms with van der Waals surface area (Å²) in [6, 6.07) is 0. The summed E-state index contributed by atoms with van der Waals surface area (Å²) in [7, 11) is -3.28. The van der Waals surface area contributed by atoms with E-state index in [-0.39, 0.29) is 0 Å². The predicted molar refractivity (Wildman–Crippen MR) is 66.5 cm³/mol. The molecular weight excluding hydrogens is 223 g/mol. The lowest BCUT2D eigenvalue weighted by atomic mass is 9.76. The molecule has 4 atom stereocenters. The minimum atomic E-state index is -3.28. The van der Waals surface area contributed by atoms with Crippen molar-refractivity contribution in [2.75, 3.05) is 13.3 Å². The summed E-state index contributed by atoms with van der Waals surface area (Å²) in [5, 5.41) is 0. The predicted octanol–water partition coefficient (Wildman–Crippen LogP) is 3.45. The lowest BCUT2D eigenvalue weighted by molar-refractivity contribution is 0.230. The van der Waals surface area contributed by atoms with Crippen LogP contribution in [0.4, 0.5) is 0 Å². The fourth-order valence-electron chi connectivity index (χ4n) is 2.19. The molecule has 94 valence electrons. The third-order valence-corrected chi connectivity index (χ3v) is 4.14. The van der Waals surface area contributed by atoms with Crippen LogP contribution in [-0.4, -0.2) is 18.2 Å². The van der Waals surface area contributed by atoms with E-state index in [1.165, 1.54) is 13.1 Å². The highest BCUT2D eigenvalue weighted by atomic mass is 31.2. The van der Waals surface area contributed by atoms with Crippen LogP contribution in [0.2, 0.25) is 0 Å². The van der Waals surface area contributed by atoms with Gasteiger partial charge in [0.05, 0.1) is 6.61 Å². The molecule has 0 saturated heterocycles. The molecule has 0 aromatic heterocycles. The fourth-order valence-corrected chi connectivity index (χ4v) is 2.66. The monoisotopic (exact) mass is 246 g/mol. The molecule has 0 aliphatic heterocycles. The van der Waals surface area contributed by atoms with Crippen molar-refractivity contribution in [3.63, 3.8) is 0 Å². The topological polar surface area (TPSA) is 46.5 Å². The summed E-state index contributed by atoms with van der Waals surface area (Å²) in [4.78, 5) is 8.97. The summed E-state index contributed by atoms with van der Waals surface area (Å²) < 4.78 is 15.8. The van der Waals surface area contributed by atoms with E-state index >= 15 is 0 Å². The van der Waals surface area contributed by atoms with Crippen LogP contribution in [0, 0.1) is 17.8 Å². The van der Waals surface area contributed by atoms with Gasteiger partial charge in [0.25, 0.3) is 0 Å². The van der Waals surface area contributed by atoms with Crippen molar-refractivity contribution in [2.45, 2.75) is 33.1 Å². The first-order valence-electron chi connectivity index (χ1n) is 6.01. The van der Waals surface area contributed by atoms with Crippen molar-refractivity contribution in [3.05, 3.63) is 12.2 Å². The van der Waals surface area contributed by atoms with Gasteiger partial charge in [-0.2, -0.15) is 0 Å². The zero-order chi connectivity index (χ0) is 12.2. The van der Waals surface area contributed by atoms with Gasteiger partial charge in [-0.3, -0.25) is 4.57 Å². The Kier molecular flexibility index (Phi) is 5.23. The van der Waals surface area contributed by atoms with E-state index in [1.807, 2.05) is 0 Å². The standard InChI is InChI=1S/C12H23O3P/c1-10-6-4-7-12(11(10)2)8-5-9-15-16(3,13)14/h4,7,10-12H,5-6,8-9H2,1-3H3,(H,13,14). The molecule has 0 radical (unpaired) electrons. The second-order valence-electron chi connectivity index (χ2n) is 4.94. The molecule has 0 aromatic carbocycles. The molecule has 0 aromatic rings. The Morgan fingerprint density at radius 2 is 2.19 bits per heavy atom. The van der Waals surface area contributed by atoms with E-state index in [4.69, 9.17) is 9.42 Å². The quantitative estimate of drug-likeness (QED) is 0.459. The van der Waals surface area contributed by atoms with E-state index in [0.717, 1.165) is 18.8 Å². The van der Waals surface area contributed by atoms with Gasteiger partial charge in [0.2, 0.25) is 0 Å². The first-order valence-corrected chi connectivity index (χ1v) is 8.04. The van der Waals surface area contributed by atoms with Crippen molar-refractivity contribution in [3.8, 4) is 0 Å². The molecule has 0 amide bonds. The molecule has 1 rings (SSSR count). The van der Waals surface area contributed by atoms with Gasteiger partial charge in [0, 0.05) is 6.66 Å². The Morgan fingerprint density at radius 1 is 1.50 bits per heavy atom. The molecule has 0 saturated carbocycles. The van der Waals surface area contributed by atoms with E-state index in [1.54, 1.807) is 0 Å². The second-order valence-corrected chi connectivity index (χ2v) is 6.81. The first kappa shape index (κ1) is 14.0. The molecule has 3 nitrogen and oxygen atoms in total. The average molecular weight is 246 g/mol. The minimum absolute atomic E-state index is 0.385. The third-order valence-electron chi connectivity index (χ3n) is 3.48. The fraction of sp³-hybridized carbons (Fsp3) is 0.833. The molecular formula is C12H23O3P. The largest absolute Gasteiger partial charge is 0.325 e. The summed E-state index contributed by atoms with van der Waals surface area (Å²) >= 11 is 0. The van der Waals surface area contributed by atoms with E-state index in [2.05, 4.69) is 26.0 Å². The SMILES string of the molecule is CC1CC=CC(CCCOP(C)(=O)O)C1C. The van der Waals surface area contributed by atoms with E-state index in [9.17, 15) is 4.57 Å². The number of rotatable bonds is 5. The summed E-state index contributed by atoms with van der Waals surface area (Å²) in [6.07, 6.45) is 7.61. The van der Waals surface area contributed by atoms with Crippen LogP contribution in [0.1, 0.15) is 33.1 Å². The summed E-state index contributed by atoms with van der Waals surface area (Å²) in [5.74, 6) is 2.04. The maximum absolute atomic E-state index is 10.9. The van der Waals surface area contributed by atoms with E-state index in [0.29, 0.717) is 18.4 Å². The zero-order valence-corrected chi connectivity index (χ0v) is 11.3. The zero-order valence-electron chi connectivity index (χ0n) is 10.4. The number of hydrogen-bond donors (Lipinski definition) is 1. The Balaban J connectivity index is 2.25. The molecule has 1 aliphatic rings. The third kappa shape index (κ3) is 4.82.